The Labute approximate surface area is 149 Å². The van der Waals surface area contributed by atoms with Crippen LogP contribution in [0.25, 0.3) is 10.9 Å². The second-order valence-corrected chi connectivity index (χ2v) is 5.53. The number of phenols is 1. The van der Waals surface area contributed by atoms with E-state index in [-0.39, 0.29) is 22.3 Å². The Morgan fingerprint density at radius 3 is 2.48 bits per heavy atom. The van der Waals surface area contributed by atoms with E-state index in [4.69, 9.17) is 5.11 Å². The number of amides is 1. The largest absolute Gasteiger partial charge is 0.507 e. The second-order valence-electron chi connectivity index (χ2n) is 5.53. The third kappa shape index (κ3) is 3.44. The lowest BCUT2D eigenvalue weighted by Crippen LogP contribution is -2.23. The SMILES string of the molecule is O=C(O)c1cc(NC(=O)c2cc3cc([N+](=O)[O-])ccc3[nH]c2=O)ccc1O. The lowest BCUT2D eigenvalue weighted by molar-refractivity contribution is -0.384. The number of nitro groups is 1. The third-order valence-electron chi connectivity index (χ3n) is 3.77. The summed E-state index contributed by atoms with van der Waals surface area (Å²) in [6, 6.07) is 8.39. The van der Waals surface area contributed by atoms with Gasteiger partial charge in [0.25, 0.3) is 17.2 Å². The first-order chi connectivity index (χ1) is 12.8. The number of carbonyl (C=O) groups is 2. The number of aromatic amines is 1. The quantitative estimate of drug-likeness (QED) is 0.311. The maximum atomic E-state index is 12.4. The summed E-state index contributed by atoms with van der Waals surface area (Å²) in [6.45, 7) is 0. The van der Waals surface area contributed by atoms with Crippen LogP contribution in [0.15, 0.2) is 47.3 Å². The van der Waals surface area contributed by atoms with E-state index in [9.17, 15) is 29.6 Å². The van der Waals surface area contributed by atoms with Crippen LogP contribution in [0.4, 0.5) is 11.4 Å². The zero-order valence-electron chi connectivity index (χ0n) is 13.4. The molecule has 0 aliphatic heterocycles. The summed E-state index contributed by atoms with van der Waals surface area (Å²) in [5.74, 6) is -2.71. The molecule has 136 valence electrons. The van der Waals surface area contributed by atoms with Crippen LogP contribution in [0, 0.1) is 10.1 Å². The van der Waals surface area contributed by atoms with Gasteiger partial charge < -0.3 is 20.5 Å². The Kier molecular flexibility index (Phi) is 4.30. The van der Waals surface area contributed by atoms with Crippen LogP contribution in [0.3, 0.4) is 0 Å². The van der Waals surface area contributed by atoms with Gasteiger partial charge >= 0.3 is 5.97 Å². The number of carbonyl (C=O) groups excluding carboxylic acids is 1. The molecule has 1 aromatic heterocycles. The molecular weight excluding hydrogens is 358 g/mol. The number of aromatic nitrogens is 1. The number of aromatic hydroxyl groups is 1. The number of carboxylic acid groups (broad SMARTS) is 1. The van der Waals surface area contributed by atoms with E-state index in [1.807, 2.05) is 0 Å². The molecule has 4 N–H and O–H groups in total. The van der Waals surface area contributed by atoms with Gasteiger partial charge in [0.05, 0.1) is 4.92 Å². The molecule has 0 fully saturated rings. The molecule has 0 radical (unpaired) electrons. The molecule has 0 aliphatic carbocycles. The smallest absolute Gasteiger partial charge is 0.339 e. The van der Waals surface area contributed by atoms with E-state index in [0.717, 1.165) is 12.1 Å². The van der Waals surface area contributed by atoms with Crippen molar-refractivity contribution in [2.75, 3.05) is 5.32 Å². The van der Waals surface area contributed by atoms with Crippen LogP contribution in [0.5, 0.6) is 5.75 Å². The number of aromatic carboxylic acids is 1. The minimum absolute atomic E-state index is 0.0498. The van der Waals surface area contributed by atoms with Crippen molar-refractivity contribution in [2.45, 2.75) is 0 Å². The first-order valence-corrected chi connectivity index (χ1v) is 7.45. The Hall–Kier alpha value is -4.21. The summed E-state index contributed by atoms with van der Waals surface area (Å²) in [6.07, 6.45) is 0. The van der Waals surface area contributed by atoms with Gasteiger partial charge in [-0.1, -0.05) is 0 Å². The molecule has 27 heavy (non-hydrogen) atoms. The van der Waals surface area contributed by atoms with Crippen LogP contribution in [0.1, 0.15) is 20.7 Å². The van der Waals surface area contributed by atoms with E-state index < -0.39 is 33.7 Å². The average Bonchev–Trinajstić information content (AvgIpc) is 2.61. The summed E-state index contributed by atoms with van der Waals surface area (Å²) >= 11 is 0. The highest BCUT2D eigenvalue weighted by Gasteiger charge is 2.16. The highest BCUT2D eigenvalue weighted by atomic mass is 16.6. The number of benzene rings is 2. The molecule has 0 saturated heterocycles. The fourth-order valence-electron chi connectivity index (χ4n) is 2.46. The number of nitro benzene ring substituents is 1. The number of non-ortho nitro benzene ring substituents is 1. The van der Waals surface area contributed by atoms with E-state index in [0.29, 0.717) is 5.52 Å². The monoisotopic (exact) mass is 369 g/mol. The zero-order chi connectivity index (χ0) is 19.7. The van der Waals surface area contributed by atoms with Gasteiger partial charge in [-0.2, -0.15) is 0 Å². The van der Waals surface area contributed by atoms with E-state index in [2.05, 4.69) is 10.3 Å². The summed E-state index contributed by atoms with van der Waals surface area (Å²) in [5.41, 5.74) is -1.28. The molecule has 10 heteroatoms. The van der Waals surface area contributed by atoms with Crippen molar-refractivity contribution >= 4 is 34.2 Å². The van der Waals surface area contributed by atoms with Gasteiger partial charge in [-0.25, -0.2) is 4.79 Å². The summed E-state index contributed by atoms with van der Waals surface area (Å²) in [5, 5.41) is 32.0. The molecule has 3 aromatic rings. The predicted octanol–water partition coefficient (Wildman–Crippen LogP) is 2.09. The average molecular weight is 369 g/mol. The van der Waals surface area contributed by atoms with Crippen molar-refractivity contribution in [3.05, 3.63) is 74.1 Å². The van der Waals surface area contributed by atoms with E-state index >= 15 is 0 Å². The van der Waals surface area contributed by atoms with Crippen LogP contribution in [0.2, 0.25) is 0 Å². The lowest BCUT2D eigenvalue weighted by atomic mass is 10.1. The minimum Gasteiger partial charge on any atom is -0.507 e. The number of hydrogen-bond acceptors (Lipinski definition) is 6. The molecule has 3 rings (SSSR count). The molecule has 0 aliphatic rings. The number of fused-ring (bicyclic) bond motifs is 1. The van der Waals surface area contributed by atoms with Crippen LogP contribution in [-0.4, -0.2) is 32.0 Å². The van der Waals surface area contributed by atoms with Crippen molar-refractivity contribution in [1.82, 2.24) is 4.98 Å². The highest BCUT2D eigenvalue weighted by molar-refractivity contribution is 6.06. The lowest BCUT2D eigenvalue weighted by Gasteiger charge is -2.08. The summed E-state index contributed by atoms with van der Waals surface area (Å²) in [4.78, 5) is 48.3. The fraction of sp³-hybridized carbons (Fsp3) is 0. The molecule has 0 unspecified atom stereocenters. The number of anilines is 1. The number of hydrogen-bond donors (Lipinski definition) is 4. The third-order valence-corrected chi connectivity index (χ3v) is 3.77. The van der Waals surface area contributed by atoms with Crippen LogP contribution in [-0.2, 0) is 0 Å². The second kappa shape index (κ2) is 6.59. The van der Waals surface area contributed by atoms with Gasteiger partial charge in [-0.3, -0.25) is 19.7 Å². The van der Waals surface area contributed by atoms with Crippen LogP contribution < -0.4 is 10.9 Å². The van der Waals surface area contributed by atoms with E-state index in [1.54, 1.807) is 0 Å². The van der Waals surface area contributed by atoms with Crippen molar-refractivity contribution in [2.24, 2.45) is 0 Å². The van der Waals surface area contributed by atoms with Gasteiger partial charge in [0.2, 0.25) is 0 Å². The molecular formula is C17H11N3O7. The molecule has 0 bridgehead atoms. The van der Waals surface area contributed by atoms with Gasteiger partial charge in [0, 0.05) is 28.7 Å². The summed E-state index contributed by atoms with van der Waals surface area (Å²) in [7, 11) is 0. The molecule has 1 amide bonds. The van der Waals surface area contributed by atoms with Crippen LogP contribution >= 0.6 is 0 Å². The normalized spacial score (nSPS) is 10.5. The Morgan fingerprint density at radius 1 is 1.07 bits per heavy atom. The zero-order valence-corrected chi connectivity index (χ0v) is 13.4. The molecule has 0 saturated carbocycles. The summed E-state index contributed by atoms with van der Waals surface area (Å²) < 4.78 is 0. The Bertz CT molecular complexity index is 1170. The number of nitrogens with one attached hydrogen (secondary N) is 2. The molecule has 2 aromatic carbocycles. The number of nitrogens with zero attached hydrogens (tertiary/aromatic N) is 1. The number of rotatable bonds is 4. The predicted molar refractivity (Wildman–Crippen MR) is 94.2 cm³/mol. The molecule has 10 nitrogen and oxygen atoms in total. The van der Waals surface area contributed by atoms with Crippen molar-refractivity contribution in [3.8, 4) is 5.75 Å². The van der Waals surface area contributed by atoms with Gasteiger partial charge in [-0.05, 0) is 30.3 Å². The van der Waals surface area contributed by atoms with Gasteiger partial charge in [-0.15, -0.1) is 0 Å². The van der Waals surface area contributed by atoms with E-state index in [1.165, 1.54) is 30.3 Å². The van der Waals surface area contributed by atoms with Gasteiger partial charge in [0.1, 0.15) is 16.9 Å². The maximum absolute atomic E-state index is 12.4. The molecule has 0 atom stereocenters. The molecule has 0 spiro atoms. The standard InChI is InChI=1S/C17H11N3O7/c21-14-4-1-9(7-11(14)17(24)25)18-15(22)12-6-8-5-10(20(26)27)2-3-13(8)19-16(12)23/h1-7,21H,(H,18,22)(H,19,23)(H,24,25). The highest BCUT2D eigenvalue weighted by Crippen LogP contribution is 2.22. The Balaban J connectivity index is 1.99. The minimum atomic E-state index is -1.39. The topological polar surface area (TPSA) is 163 Å². The van der Waals surface area contributed by atoms with Crippen molar-refractivity contribution in [1.29, 1.82) is 0 Å². The maximum Gasteiger partial charge on any atom is 0.339 e. The molecule has 1 heterocycles. The number of pyridine rings is 1. The van der Waals surface area contributed by atoms with Gasteiger partial charge in [0.15, 0.2) is 0 Å². The first kappa shape index (κ1) is 17.6. The van der Waals surface area contributed by atoms with Crippen molar-refractivity contribution in [3.63, 3.8) is 0 Å². The number of H-pyrrole nitrogens is 1. The Morgan fingerprint density at radius 2 is 1.81 bits per heavy atom. The van der Waals surface area contributed by atoms with Crippen molar-refractivity contribution < 1.29 is 24.7 Å². The number of carboxylic acids is 1. The fourth-order valence-corrected chi connectivity index (χ4v) is 2.46. The first-order valence-electron chi connectivity index (χ1n) is 7.45.